The van der Waals surface area contributed by atoms with Crippen LogP contribution >= 0.6 is 0 Å². The van der Waals surface area contributed by atoms with Crippen LogP contribution in [0.2, 0.25) is 0 Å². The second-order valence-electron chi connectivity index (χ2n) is 5.12. The molecule has 0 saturated heterocycles. The van der Waals surface area contributed by atoms with E-state index >= 15 is 0 Å². The highest BCUT2D eigenvalue weighted by molar-refractivity contribution is 5.43. The van der Waals surface area contributed by atoms with E-state index in [1.165, 1.54) is 24.9 Å². The van der Waals surface area contributed by atoms with Crippen molar-refractivity contribution >= 4 is 5.69 Å². The van der Waals surface area contributed by atoms with Gasteiger partial charge in [-0.2, -0.15) is 0 Å². The Labute approximate surface area is 92.9 Å². The zero-order valence-electron chi connectivity index (χ0n) is 9.74. The minimum absolute atomic E-state index is 0.672. The topological polar surface area (TPSA) is 12.0 Å². The number of para-hydroxylation sites is 1. The molecule has 1 aromatic carbocycles. The van der Waals surface area contributed by atoms with Gasteiger partial charge in [0.15, 0.2) is 0 Å². The average molecular weight is 203 g/mol. The van der Waals surface area contributed by atoms with Crippen molar-refractivity contribution in [3.8, 4) is 0 Å². The molecule has 0 amide bonds. The highest BCUT2D eigenvalue weighted by atomic mass is 14.9. The Bertz CT molecular complexity index is 283. The zero-order valence-corrected chi connectivity index (χ0v) is 9.74. The molecule has 0 spiro atoms. The molecular formula is C14H21N. The van der Waals surface area contributed by atoms with E-state index in [0.717, 1.165) is 11.8 Å². The molecule has 1 heteroatoms. The monoisotopic (exact) mass is 203 g/mol. The smallest absolute Gasteiger partial charge is 0.0342 e. The SMILES string of the molecule is CC1CC(C)CC(Nc2ccccc2)C1. The Balaban J connectivity index is 1.94. The molecule has 2 rings (SSSR count). The van der Waals surface area contributed by atoms with Gasteiger partial charge in [0.05, 0.1) is 0 Å². The van der Waals surface area contributed by atoms with Gasteiger partial charge >= 0.3 is 0 Å². The summed E-state index contributed by atoms with van der Waals surface area (Å²) >= 11 is 0. The van der Waals surface area contributed by atoms with Crippen LogP contribution in [0, 0.1) is 11.8 Å². The van der Waals surface area contributed by atoms with Crippen molar-refractivity contribution in [2.45, 2.75) is 39.2 Å². The second kappa shape index (κ2) is 4.69. The van der Waals surface area contributed by atoms with Gasteiger partial charge in [0.1, 0.15) is 0 Å². The highest BCUT2D eigenvalue weighted by Gasteiger charge is 2.23. The van der Waals surface area contributed by atoms with E-state index < -0.39 is 0 Å². The van der Waals surface area contributed by atoms with Crippen LogP contribution < -0.4 is 5.32 Å². The van der Waals surface area contributed by atoms with Crippen molar-refractivity contribution < 1.29 is 0 Å². The summed E-state index contributed by atoms with van der Waals surface area (Å²) in [7, 11) is 0. The molecule has 1 N–H and O–H groups in total. The molecule has 15 heavy (non-hydrogen) atoms. The van der Waals surface area contributed by atoms with Gasteiger partial charge in [-0.3, -0.25) is 0 Å². The molecule has 2 atom stereocenters. The minimum atomic E-state index is 0.672. The summed E-state index contributed by atoms with van der Waals surface area (Å²) in [5.41, 5.74) is 1.27. The quantitative estimate of drug-likeness (QED) is 0.768. The van der Waals surface area contributed by atoms with E-state index in [-0.39, 0.29) is 0 Å². The largest absolute Gasteiger partial charge is 0.382 e. The van der Waals surface area contributed by atoms with Gasteiger partial charge in [0, 0.05) is 11.7 Å². The molecule has 2 unspecified atom stereocenters. The van der Waals surface area contributed by atoms with Crippen LogP contribution in [0.1, 0.15) is 33.1 Å². The molecule has 1 nitrogen and oxygen atoms in total. The summed E-state index contributed by atoms with van der Waals surface area (Å²) in [5, 5.41) is 3.64. The van der Waals surface area contributed by atoms with Gasteiger partial charge in [-0.25, -0.2) is 0 Å². The summed E-state index contributed by atoms with van der Waals surface area (Å²) < 4.78 is 0. The maximum atomic E-state index is 3.64. The lowest BCUT2D eigenvalue weighted by Gasteiger charge is -2.32. The van der Waals surface area contributed by atoms with E-state index in [0.29, 0.717) is 6.04 Å². The van der Waals surface area contributed by atoms with Crippen molar-refractivity contribution in [1.29, 1.82) is 0 Å². The lowest BCUT2D eigenvalue weighted by Crippen LogP contribution is -2.30. The van der Waals surface area contributed by atoms with Crippen molar-refractivity contribution in [2.75, 3.05) is 5.32 Å². The van der Waals surface area contributed by atoms with E-state index in [9.17, 15) is 0 Å². The van der Waals surface area contributed by atoms with Crippen LogP contribution in [0.4, 0.5) is 5.69 Å². The normalized spacial score (nSPS) is 31.2. The first kappa shape index (κ1) is 10.5. The molecule has 1 aliphatic rings. The van der Waals surface area contributed by atoms with Crippen molar-refractivity contribution in [3.05, 3.63) is 30.3 Å². The maximum absolute atomic E-state index is 3.64. The molecule has 82 valence electrons. The summed E-state index contributed by atoms with van der Waals surface area (Å²) in [5.74, 6) is 1.74. The Kier molecular flexibility index (Phi) is 3.30. The third-order valence-corrected chi connectivity index (χ3v) is 3.32. The molecule has 1 aliphatic carbocycles. The Morgan fingerprint density at radius 1 is 0.933 bits per heavy atom. The first-order valence-electron chi connectivity index (χ1n) is 6.05. The van der Waals surface area contributed by atoms with Crippen molar-refractivity contribution in [1.82, 2.24) is 0 Å². The fraction of sp³-hybridized carbons (Fsp3) is 0.571. The standard InChI is InChI=1S/C14H21N/c1-11-8-12(2)10-14(9-11)15-13-6-4-3-5-7-13/h3-7,11-12,14-15H,8-10H2,1-2H3. The van der Waals surface area contributed by atoms with Crippen LogP contribution in [0.5, 0.6) is 0 Å². The first-order chi connectivity index (χ1) is 7.24. The van der Waals surface area contributed by atoms with E-state index in [1.54, 1.807) is 0 Å². The summed E-state index contributed by atoms with van der Waals surface area (Å²) in [6.45, 7) is 4.74. The van der Waals surface area contributed by atoms with E-state index in [1.807, 2.05) is 0 Å². The number of rotatable bonds is 2. The molecule has 0 heterocycles. The molecule has 0 aliphatic heterocycles. The predicted molar refractivity (Wildman–Crippen MR) is 66.0 cm³/mol. The van der Waals surface area contributed by atoms with Crippen LogP contribution in [0.25, 0.3) is 0 Å². The van der Waals surface area contributed by atoms with Crippen LogP contribution in [-0.2, 0) is 0 Å². The van der Waals surface area contributed by atoms with Crippen molar-refractivity contribution in [2.24, 2.45) is 11.8 Å². The minimum Gasteiger partial charge on any atom is -0.382 e. The lowest BCUT2D eigenvalue weighted by atomic mass is 9.80. The Morgan fingerprint density at radius 3 is 2.13 bits per heavy atom. The number of benzene rings is 1. The Hall–Kier alpha value is -0.980. The summed E-state index contributed by atoms with van der Waals surface area (Å²) in [4.78, 5) is 0. The molecule has 1 fully saturated rings. The molecule has 0 radical (unpaired) electrons. The molecule has 1 saturated carbocycles. The van der Waals surface area contributed by atoms with Gasteiger partial charge in [-0.05, 0) is 43.2 Å². The average Bonchev–Trinajstić information content (AvgIpc) is 2.17. The van der Waals surface area contributed by atoms with E-state index in [2.05, 4.69) is 49.5 Å². The number of anilines is 1. The van der Waals surface area contributed by atoms with Crippen LogP contribution in [-0.4, -0.2) is 6.04 Å². The van der Waals surface area contributed by atoms with E-state index in [4.69, 9.17) is 0 Å². The lowest BCUT2D eigenvalue weighted by molar-refractivity contribution is 0.281. The predicted octanol–water partition coefficient (Wildman–Crippen LogP) is 3.92. The zero-order chi connectivity index (χ0) is 10.7. The fourth-order valence-corrected chi connectivity index (χ4v) is 2.83. The van der Waals surface area contributed by atoms with Crippen molar-refractivity contribution in [3.63, 3.8) is 0 Å². The Morgan fingerprint density at radius 2 is 1.53 bits per heavy atom. The summed E-state index contributed by atoms with van der Waals surface area (Å²) in [6.07, 6.45) is 4.03. The fourth-order valence-electron chi connectivity index (χ4n) is 2.83. The number of hydrogen-bond donors (Lipinski definition) is 1. The maximum Gasteiger partial charge on any atom is 0.0342 e. The van der Waals surface area contributed by atoms with Crippen LogP contribution in [0.3, 0.4) is 0 Å². The third kappa shape index (κ3) is 2.98. The van der Waals surface area contributed by atoms with Gasteiger partial charge in [0.25, 0.3) is 0 Å². The molecule has 0 aromatic heterocycles. The van der Waals surface area contributed by atoms with Crippen LogP contribution in [0.15, 0.2) is 30.3 Å². The van der Waals surface area contributed by atoms with Gasteiger partial charge in [0.2, 0.25) is 0 Å². The molecule has 0 bridgehead atoms. The third-order valence-electron chi connectivity index (χ3n) is 3.32. The van der Waals surface area contributed by atoms with Gasteiger partial charge in [-0.15, -0.1) is 0 Å². The molecular weight excluding hydrogens is 182 g/mol. The van der Waals surface area contributed by atoms with Gasteiger partial charge < -0.3 is 5.32 Å². The number of hydrogen-bond acceptors (Lipinski definition) is 1. The van der Waals surface area contributed by atoms with Gasteiger partial charge in [-0.1, -0.05) is 32.0 Å². The molecule has 1 aromatic rings. The second-order valence-corrected chi connectivity index (χ2v) is 5.12. The first-order valence-corrected chi connectivity index (χ1v) is 6.05. The highest BCUT2D eigenvalue weighted by Crippen LogP contribution is 2.30. The number of nitrogens with one attached hydrogen (secondary N) is 1. The summed E-state index contributed by atoms with van der Waals surface area (Å²) in [6, 6.07) is 11.2.